The minimum Gasteiger partial charge on any atom is -0.371 e. The van der Waals surface area contributed by atoms with Crippen LogP contribution >= 0.6 is 0 Å². The van der Waals surface area contributed by atoms with Gasteiger partial charge in [0.1, 0.15) is 6.17 Å². The molecule has 0 amide bonds. The zero-order valence-electron chi connectivity index (χ0n) is 10.1. The van der Waals surface area contributed by atoms with Crippen LogP contribution in [0.15, 0.2) is 24.3 Å². The zero-order valence-corrected chi connectivity index (χ0v) is 10.1. The number of piperidine rings is 1. The molecule has 0 unspecified atom stereocenters. The molecule has 2 rings (SSSR count). The minimum atomic E-state index is -0.591. The summed E-state index contributed by atoms with van der Waals surface area (Å²) in [5, 5.41) is 0. The van der Waals surface area contributed by atoms with Crippen LogP contribution < -0.4 is 4.90 Å². The molecule has 1 aliphatic rings. The summed E-state index contributed by atoms with van der Waals surface area (Å²) in [6.07, 6.45) is 0.754. The first-order valence-corrected chi connectivity index (χ1v) is 6.16. The molecular formula is C14H20FN. The number of rotatable bonds is 2. The van der Waals surface area contributed by atoms with Crippen molar-refractivity contribution < 1.29 is 4.39 Å². The Morgan fingerprint density at radius 3 is 2.19 bits per heavy atom. The molecule has 1 heterocycles. The maximum atomic E-state index is 13.0. The van der Waals surface area contributed by atoms with Gasteiger partial charge in [-0.25, -0.2) is 4.39 Å². The Balaban J connectivity index is 2.04. The molecular weight excluding hydrogens is 201 g/mol. The van der Waals surface area contributed by atoms with Gasteiger partial charge in [0.05, 0.1) is 0 Å². The van der Waals surface area contributed by atoms with Crippen LogP contribution in [-0.2, 0) is 0 Å². The molecule has 0 atom stereocenters. The highest BCUT2D eigenvalue weighted by atomic mass is 19.1. The van der Waals surface area contributed by atoms with Crippen molar-refractivity contribution in [3.05, 3.63) is 29.8 Å². The van der Waals surface area contributed by atoms with Crippen molar-refractivity contribution in [1.82, 2.24) is 0 Å². The Bertz CT molecular complexity index is 323. The van der Waals surface area contributed by atoms with E-state index in [1.54, 1.807) is 0 Å². The van der Waals surface area contributed by atoms with Crippen molar-refractivity contribution in [2.75, 3.05) is 18.0 Å². The fourth-order valence-electron chi connectivity index (χ4n) is 2.18. The average molecular weight is 221 g/mol. The molecule has 2 heteroatoms. The predicted molar refractivity (Wildman–Crippen MR) is 66.9 cm³/mol. The number of alkyl halides is 1. The highest BCUT2D eigenvalue weighted by Gasteiger charge is 2.18. The standard InChI is InChI=1S/C14H20FN/c1-11(2)12-3-5-14(6-4-12)16-9-7-13(15)8-10-16/h3-6,11,13H,7-10H2,1-2H3. The monoisotopic (exact) mass is 221 g/mol. The van der Waals surface area contributed by atoms with E-state index in [0.717, 1.165) is 13.1 Å². The maximum absolute atomic E-state index is 13.0. The second kappa shape index (κ2) is 4.86. The molecule has 1 aromatic rings. The summed E-state index contributed by atoms with van der Waals surface area (Å²) < 4.78 is 13.0. The predicted octanol–water partition coefficient (Wildman–Crippen LogP) is 3.75. The van der Waals surface area contributed by atoms with Crippen molar-refractivity contribution in [3.63, 3.8) is 0 Å². The quantitative estimate of drug-likeness (QED) is 0.735. The normalized spacial score (nSPS) is 18.1. The molecule has 0 N–H and O–H groups in total. The SMILES string of the molecule is CC(C)c1ccc(N2CCC(F)CC2)cc1. The molecule has 0 bridgehead atoms. The van der Waals surface area contributed by atoms with E-state index in [2.05, 4.69) is 43.0 Å². The molecule has 0 radical (unpaired) electrons. The molecule has 16 heavy (non-hydrogen) atoms. The van der Waals surface area contributed by atoms with Crippen LogP contribution in [0.5, 0.6) is 0 Å². The Morgan fingerprint density at radius 1 is 1.12 bits per heavy atom. The Morgan fingerprint density at radius 2 is 1.69 bits per heavy atom. The summed E-state index contributed by atoms with van der Waals surface area (Å²) in [5.41, 5.74) is 2.60. The van der Waals surface area contributed by atoms with E-state index >= 15 is 0 Å². The second-order valence-corrected chi connectivity index (χ2v) is 4.91. The Kier molecular flexibility index (Phi) is 3.47. The van der Waals surface area contributed by atoms with E-state index in [-0.39, 0.29) is 0 Å². The van der Waals surface area contributed by atoms with E-state index in [4.69, 9.17) is 0 Å². The first-order chi connectivity index (χ1) is 7.66. The number of benzene rings is 1. The third-order valence-corrected chi connectivity index (χ3v) is 3.35. The van der Waals surface area contributed by atoms with Crippen LogP contribution in [0.1, 0.15) is 38.2 Å². The third kappa shape index (κ3) is 2.55. The Labute approximate surface area is 97.3 Å². The number of hydrogen-bond donors (Lipinski definition) is 0. The summed E-state index contributed by atoms with van der Waals surface area (Å²) in [5.74, 6) is 0.575. The number of anilines is 1. The van der Waals surface area contributed by atoms with Crippen molar-refractivity contribution in [2.45, 2.75) is 38.8 Å². The molecule has 0 saturated carbocycles. The molecule has 1 nitrogen and oxygen atoms in total. The van der Waals surface area contributed by atoms with Gasteiger partial charge in [-0.05, 0) is 36.5 Å². The van der Waals surface area contributed by atoms with Gasteiger partial charge in [-0.1, -0.05) is 26.0 Å². The van der Waals surface area contributed by atoms with Crippen LogP contribution in [0.4, 0.5) is 10.1 Å². The van der Waals surface area contributed by atoms with Crippen LogP contribution in [0.25, 0.3) is 0 Å². The maximum Gasteiger partial charge on any atom is 0.103 e. The van der Waals surface area contributed by atoms with Crippen molar-refractivity contribution in [3.8, 4) is 0 Å². The number of nitrogens with zero attached hydrogens (tertiary/aromatic N) is 1. The van der Waals surface area contributed by atoms with E-state index in [1.807, 2.05) is 0 Å². The van der Waals surface area contributed by atoms with E-state index in [9.17, 15) is 4.39 Å². The molecule has 88 valence electrons. The van der Waals surface area contributed by atoms with Gasteiger partial charge in [-0.3, -0.25) is 0 Å². The minimum absolute atomic E-state index is 0.575. The van der Waals surface area contributed by atoms with Gasteiger partial charge in [0.15, 0.2) is 0 Å². The van der Waals surface area contributed by atoms with Gasteiger partial charge < -0.3 is 4.90 Å². The lowest BCUT2D eigenvalue weighted by molar-refractivity contribution is 0.277. The smallest absolute Gasteiger partial charge is 0.103 e. The summed E-state index contributed by atoms with van der Waals surface area (Å²) in [6, 6.07) is 8.69. The topological polar surface area (TPSA) is 3.24 Å². The van der Waals surface area contributed by atoms with Gasteiger partial charge in [-0.15, -0.1) is 0 Å². The van der Waals surface area contributed by atoms with Gasteiger partial charge in [0.25, 0.3) is 0 Å². The van der Waals surface area contributed by atoms with Crippen LogP contribution in [0, 0.1) is 0 Å². The molecule has 0 spiro atoms. The number of hydrogen-bond acceptors (Lipinski definition) is 1. The largest absolute Gasteiger partial charge is 0.371 e. The van der Waals surface area contributed by atoms with Gasteiger partial charge >= 0.3 is 0 Å². The molecule has 1 aliphatic heterocycles. The lowest BCUT2D eigenvalue weighted by atomic mass is 10.0. The van der Waals surface area contributed by atoms with Crippen LogP contribution in [-0.4, -0.2) is 19.3 Å². The average Bonchev–Trinajstić information content (AvgIpc) is 2.30. The molecule has 0 aromatic heterocycles. The van der Waals surface area contributed by atoms with Gasteiger partial charge in [0, 0.05) is 18.8 Å². The third-order valence-electron chi connectivity index (χ3n) is 3.35. The molecule has 0 aliphatic carbocycles. The lowest BCUT2D eigenvalue weighted by Crippen LogP contribution is -2.34. The lowest BCUT2D eigenvalue weighted by Gasteiger charge is -2.30. The van der Waals surface area contributed by atoms with E-state index < -0.39 is 6.17 Å². The first kappa shape index (κ1) is 11.4. The fraction of sp³-hybridized carbons (Fsp3) is 0.571. The van der Waals surface area contributed by atoms with E-state index in [1.165, 1.54) is 11.3 Å². The highest BCUT2D eigenvalue weighted by Crippen LogP contribution is 2.23. The fourth-order valence-corrected chi connectivity index (χ4v) is 2.18. The van der Waals surface area contributed by atoms with Crippen molar-refractivity contribution >= 4 is 5.69 Å². The van der Waals surface area contributed by atoms with Crippen molar-refractivity contribution in [2.24, 2.45) is 0 Å². The molecule has 1 saturated heterocycles. The highest BCUT2D eigenvalue weighted by molar-refractivity contribution is 5.48. The van der Waals surface area contributed by atoms with Gasteiger partial charge in [-0.2, -0.15) is 0 Å². The molecule has 1 fully saturated rings. The van der Waals surface area contributed by atoms with E-state index in [0.29, 0.717) is 18.8 Å². The van der Waals surface area contributed by atoms with Crippen LogP contribution in [0.2, 0.25) is 0 Å². The molecule has 1 aromatic carbocycles. The van der Waals surface area contributed by atoms with Crippen molar-refractivity contribution in [1.29, 1.82) is 0 Å². The number of halogens is 1. The van der Waals surface area contributed by atoms with Gasteiger partial charge in [0.2, 0.25) is 0 Å². The summed E-state index contributed by atoms with van der Waals surface area (Å²) in [6.45, 7) is 6.09. The van der Waals surface area contributed by atoms with Crippen LogP contribution in [0.3, 0.4) is 0 Å². The summed E-state index contributed by atoms with van der Waals surface area (Å²) in [7, 11) is 0. The first-order valence-electron chi connectivity index (χ1n) is 6.16. The second-order valence-electron chi connectivity index (χ2n) is 4.91. The zero-order chi connectivity index (χ0) is 11.5. The Hall–Kier alpha value is -1.05. The summed E-state index contributed by atoms with van der Waals surface area (Å²) >= 11 is 0. The summed E-state index contributed by atoms with van der Waals surface area (Å²) in [4.78, 5) is 2.28.